The molecule has 1 unspecified atom stereocenters. The summed E-state index contributed by atoms with van der Waals surface area (Å²) in [5.74, 6) is -0.450. The minimum absolute atomic E-state index is 0.0561. The molecule has 0 spiro atoms. The molecule has 0 bridgehead atoms. The van der Waals surface area contributed by atoms with Gasteiger partial charge in [0.1, 0.15) is 28.2 Å². The SMILES string of the molecule is COc1ccc(C(C(=O)NC2CCCC2)N(C(=O)c2snc(-c3ccc(F)cc3)c2N)c2ccccc2C)cc1. The number of nitrogens with two attached hydrogens (primary N) is 1. The molecule has 7 nitrogen and oxygen atoms in total. The highest BCUT2D eigenvalue weighted by Gasteiger charge is 2.37. The number of methoxy groups -OCH3 is 1. The molecule has 3 N–H and O–H groups in total. The summed E-state index contributed by atoms with van der Waals surface area (Å²) in [6, 6.07) is 19.5. The van der Waals surface area contributed by atoms with Gasteiger partial charge in [-0.15, -0.1) is 0 Å². The maximum absolute atomic E-state index is 14.4. The number of amides is 2. The van der Waals surface area contributed by atoms with Gasteiger partial charge in [-0.3, -0.25) is 14.5 Å². The summed E-state index contributed by atoms with van der Waals surface area (Å²) < 4.78 is 23.3. The van der Waals surface area contributed by atoms with E-state index in [2.05, 4.69) is 9.69 Å². The van der Waals surface area contributed by atoms with E-state index >= 15 is 0 Å². The van der Waals surface area contributed by atoms with Crippen LogP contribution < -0.4 is 20.7 Å². The number of aromatic nitrogens is 1. The van der Waals surface area contributed by atoms with Crippen molar-refractivity contribution in [1.29, 1.82) is 0 Å². The number of carbonyl (C=O) groups is 2. The number of nitrogen functional groups attached to an aromatic ring is 1. The summed E-state index contributed by atoms with van der Waals surface area (Å²) in [5, 5.41) is 3.19. The van der Waals surface area contributed by atoms with Gasteiger partial charge >= 0.3 is 0 Å². The quantitative estimate of drug-likeness (QED) is 0.265. The summed E-state index contributed by atoms with van der Waals surface area (Å²) in [4.78, 5) is 30.2. The Morgan fingerprint density at radius 3 is 2.38 bits per heavy atom. The summed E-state index contributed by atoms with van der Waals surface area (Å²) >= 11 is 0.964. The zero-order chi connectivity index (χ0) is 28.2. The molecule has 5 rings (SSSR count). The number of carbonyl (C=O) groups excluding carboxylic acids is 2. The van der Waals surface area contributed by atoms with E-state index in [1.807, 2.05) is 31.2 Å². The minimum Gasteiger partial charge on any atom is -0.497 e. The molecule has 0 saturated heterocycles. The van der Waals surface area contributed by atoms with Gasteiger partial charge in [0, 0.05) is 17.3 Å². The van der Waals surface area contributed by atoms with Crippen molar-refractivity contribution in [3.05, 3.63) is 94.6 Å². The van der Waals surface area contributed by atoms with Crippen molar-refractivity contribution in [2.45, 2.75) is 44.7 Å². The van der Waals surface area contributed by atoms with Crippen molar-refractivity contribution in [1.82, 2.24) is 9.69 Å². The third kappa shape index (κ3) is 5.56. The van der Waals surface area contributed by atoms with Gasteiger partial charge in [-0.25, -0.2) is 4.39 Å². The zero-order valence-corrected chi connectivity index (χ0v) is 23.2. The van der Waals surface area contributed by atoms with E-state index in [-0.39, 0.29) is 28.3 Å². The van der Waals surface area contributed by atoms with Crippen LogP contribution in [-0.4, -0.2) is 29.3 Å². The molecule has 1 atom stereocenters. The fourth-order valence-corrected chi connectivity index (χ4v) is 5.89. The molecule has 0 aliphatic heterocycles. The molecule has 1 saturated carbocycles. The number of halogens is 1. The molecule has 1 aromatic heterocycles. The molecule has 3 aromatic carbocycles. The number of para-hydroxylation sites is 1. The molecule has 1 heterocycles. The summed E-state index contributed by atoms with van der Waals surface area (Å²) in [7, 11) is 1.58. The van der Waals surface area contributed by atoms with Crippen LogP contribution in [0.4, 0.5) is 15.8 Å². The number of anilines is 2. The van der Waals surface area contributed by atoms with Crippen LogP contribution in [0, 0.1) is 12.7 Å². The van der Waals surface area contributed by atoms with Crippen molar-refractivity contribution in [3.63, 3.8) is 0 Å². The Bertz CT molecular complexity index is 1500. The highest BCUT2D eigenvalue weighted by atomic mass is 32.1. The third-order valence-corrected chi connectivity index (χ3v) is 8.12. The number of benzene rings is 3. The molecule has 1 fully saturated rings. The molecular formula is C31H31FN4O3S. The third-order valence-electron chi connectivity index (χ3n) is 7.27. The molecule has 0 radical (unpaired) electrons. The number of hydrogen-bond donors (Lipinski definition) is 2. The number of rotatable bonds is 8. The van der Waals surface area contributed by atoms with Gasteiger partial charge in [0.2, 0.25) is 5.91 Å². The van der Waals surface area contributed by atoms with Crippen molar-refractivity contribution in [2.24, 2.45) is 0 Å². The van der Waals surface area contributed by atoms with Crippen LogP contribution >= 0.6 is 11.5 Å². The molecule has 40 heavy (non-hydrogen) atoms. The Morgan fingerprint density at radius 2 is 1.73 bits per heavy atom. The van der Waals surface area contributed by atoms with Crippen LogP contribution in [0.15, 0.2) is 72.8 Å². The van der Waals surface area contributed by atoms with Crippen LogP contribution in [0.2, 0.25) is 0 Å². The van der Waals surface area contributed by atoms with Crippen LogP contribution in [0.1, 0.15) is 52.5 Å². The Morgan fingerprint density at radius 1 is 1.05 bits per heavy atom. The van der Waals surface area contributed by atoms with Gasteiger partial charge in [-0.1, -0.05) is 43.2 Å². The van der Waals surface area contributed by atoms with Crippen molar-refractivity contribution in [2.75, 3.05) is 17.7 Å². The maximum Gasteiger partial charge on any atom is 0.273 e. The Kier molecular flexibility index (Phi) is 8.11. The second-order valence-electron chi connectivity index (χ2n) is 9.91. The van der Waals surface area contributed by atoms with Gasteiger partial charge in [0.25, 0.3) is 5.91 Å². The average molecular weight is 559 g/mol. The number of ether oxygens (including phenoxy) is 1. The Labute approximate surface area is 236 Å². The maximum atomic E-state index is 14.4. The lowest BCUT2D eigenvalue weighted by molar-refractivity contribution is -0.123. The molecular weight excluding hydrogens is 527 g/mol. The van der Waals surface area contributed by atoms with Crippen LogP contribution in [0.25, 0.3) is 11.3 Å². The van der Waals surface area contributed by atoms with Gasteiger partial charge < -0.3 is 15.8 Å². The van der Waals surface area contributed by atoms with Crippen LogP contribution in [0.3, 0.4) is 0 Å². The summed E-state index contributed by atoms with van der Waals surface area (Å²) in [5.41, 5.74) is 9.73. The first-order valence-electron chi connectivity index (χ1n) is 13.2. The fraction of sp³-hybridized carbons (Fsp3) is 0.258. The van der Waals surface area contributed by atoms with Crippen LogP contribution in [-0.2, 0) is 4.79 Å². The largest absolute Gasteiger partial charge is 0.497 e. The van der Waals surface area contributed by atoms with Crippen molar-refractivity contribution < 1.29 is 18.7 Å². The van der Waals surface area contributed by atoms with E-state index in [9.17, 15) is 14.0 Å². The topological polar surface area (TPSA) is 97.5 Å². The standard InChI is InChI=1S/C31H31FN4O3S/c1-19-7-3-6-10-25(19)36(31(38)29-26(33)27(35-40-29)20-11-15-22(32)16-12-20)28(21-13-17-24(39-2)18-14-21)30(37)34-23-8-4-5-9-23/h3,6-7,10-18,23,28H,4-5,8-9,33H2,1-2H3,(H,34,37). The number of nitrogens with zero attached hydrogens (tertiary/aromatic N) is 2. The predicted molar refractivity (Wildman–Crippen MR) is 156 cm³/mol. The lowest BCUT2D eigenvalue weighted by atomic mass is 10.0. The van der Waals surface area contributed by atoms with E-state index in [0.29, 0.717) is 28.3 Å². The highest BCUT2D eigenvalue weighted by molar-refractivity contribution is 7.09. The van der Waals surface area contributed by atoms with Crippen molar-refractivity contribution in [3.8, 4) is 17.0 Å². The number of aryl methyl sites for hydroxylation is 1. The van der Waals surface area contributed by atoms with Crippen molar-refractivity contribution >= 4 is 34.7 Å². The Balaban J connectivity index is 1.62. The first-order valence-corrected chi connectivity index (χ1v) is 14.0. The van der Waals surface area contributed by atoms with Crippen LogP contribution in [0.5, 0.6) is 5.75 Å². The number of nitrogens with one attached hydrogen (secondary N) is 1. The van der Waals surface area contributed by atoms with E-state index in [1.54, 1.807) is 43.5 Å². The van der Waals surface area contributed by atoms with E-state index in [1.165, 1.54) is 17.0 Å². The summed E-state index contributed by atoms with van der Waals surface area (Å²) in [6.07, 6.45) is 3.93. The van der Waals surface area contributed by atoms with E-state index in [0.717, 1.165) is 42.8 Å². The average Bonchev–Trinajstić information content (AvgIpc) is 3.62. The lowest BCUT2D eigenvalue weighted by Gasteiger charge is -2.33. The molecule has 4 aromatic rings. The highest BCUT2D eigenvalue weighted by Crippen LogP contribution is 2.37. The lowest BCUT2D eigenvalue weighted by Crippen LogP contribution is -2.46. The predicted octanol–water partition coefficient (Wildman–Crippen LogP) is 6.30. The second kappa shape index (κ2) is 11.9. The normalized spacial score (nSPS) is 14.1. The minimum atomic E-state index is -0.976. The molecule has 9 heteroatoms. The Hall–Kier alpha value is -4.24. The smallest absolute Gasteiger partial charge is 0.273 e. The first-order chi connectivity index (χ1) is 19.4. The van der Waals surface area contributed by atoms with Gasteiger partial charge in [-0.2, -0.15) is 4.37 Å². The molecule has 206 valence electrons. The van der Waals surface area contributed by atoms with Gasteiger partial charge in [0.15, 0.2) is 0 Å². The zero-order valence-electron chi connectivity index (χ0n) is 22.4. The molecule has 1 aliphatic carbocycles. The second-order valence-corrected chi connectivity index (χ2v) is 10.7. The fourth-order valence-electron chi connectivity index (χ4n) is 5.13. The summed E-state index contributed by atoms with van der Waals surface area (Å²) in [6.45, 7) is 1.90. The van der Waals surface area contributed by atoms with Gasteiger partial charge in [0.05, 0.1) is 12.8 Å². The van der Waals surface area contributed by atoms with E-state index < -0.39 is 11.9 Å². The molecule has 2 amide bonds. The molecule has 1 aliphatic rings. The monoisotopic (exact) mass is 558 g/mol. The van der Waals surface area contributed by atoms with Gasteiger partial charge in [-0.05, 0) is 84.9 Å². The van der Waals surface area contributed by atoms with E-state index in [4.69, 9.17) is 10.5 Å². The number of hydrogen-bond acceptors (Lipinski definition) is 6. The first kappa shape index (κ1) is 27.3.